The fourth-order valence-corrected chi connectivity index (χ4v) is 1.51. The smallest absolute Gasteiger partial charge is 0.238 e. The molecule has 0 radical (unpaired) electrons. The van der Waals surface area contributed by atoms with Crippen LogP contribution in [0.4, 0.5) is 0 Å². The molecule has 64 valence electrons. The van der Waals surface area contributed by atoms with Crippen LogP contribution < -0.4 is 4.98 Å². The first-order valence-electron chi connectivity index (χ1n) is 3.87. The number of hydrogen-bond donors (Lipinski definition) is 1. The van der Waals surface area contributed by atoms with Gasteiger partial charge in [0.05, 0.1) is 0 Å². The first-order valence-corrected chi connectivity index (χ1v) is 7.08. The minimum atomic E-state index is -1.46. The van der Waals surface area contributed by atoms with E-state index in [4.69, 9.17) is 0 Å². The van der Waals surface area contributed by atoms with Crippen molar-refractivity contribution < 1.29 is 4.79 Å². The summed E-state index contributed by atoms with van der Waals surface area (Å²) in [6, 6.07) is 1.06. The molecule has 0 heterocycles. The molecule has 0 aliphatic rings. The number of carbonyl (C=O) groups is 1. The van der Waals surface area contributed by atoms with Gasteiger partial charge in [-0.25, -0.2) is 0 Å². The predicted molar refractivity (Wildman–Crippen MR) is 50.9 cm³/mol. The van der Waals surface area contributed by atoms with Gasteiger partial charge in [0.1, 0.15) is 0 Å². The second-order valence-electron chi connectivity index (χ2n) is 3.47. The van der Waals surface area contributed by atoms with Gasteiger partial charge >= 0.3 is 0 Å². The Labute approximate surface area is 69.8 Å². The molecule has 0 aromatic rings. The number of carbonyl (C=O) groups excluding carboxylic acids is 1. The van der Waals surface area contributed by atoms with Gasteiger partial charge in [0.15, 0.2) is 8.24 Å². The van der Waals surface area contributed by atoms with Crippen LogP contribution >= 0.6 is 0 Å². The van der Waals surface area contributed by atoms with Crippen molar-refractivity contribution in [1.82, 2.24) is 4.98 Å². The van der Waals surface area contributed by atoms with Crippen LogP contribution in [-0.4, -0.2) is 14.1 Å². The lowest BCUT2D eigenvalue weighted by Crippen LogP contribution is -2.47. The third-order valence-corrected chi connectivity index (χ3v) is 4.40. The van der Waals surface area contributed by atoms with Crippen LogP contribution in [0.3, 0.4) is 0 Å². The Morgan fingerprint density at radius 2 is 2.00 bits per heavy atom. The van der Waals surface area contributed by atoms with Crippen LogP contribution in [0.25, 0.3) is 0 Å². The molecule has 3 heteroatoms. The average Bonchev–Trinajstić information content (AvgIpc) is 1.87. The van der Waals surface area contributed by atoms with Crippen molar-refractivity contribution >= 4 is 14.1 Å². The van der Waals surface area contributed by atoms with Crippen LogP contribution in [0.15, 0.2) is 12.2 Å². The lowest BCUT2D eigenvalue weighted by Gasteiger charge is -2.21. The zero-order valence-electron chi connectivity index (χ0n) is 7.82. The summed E-state index contributed by atoms with van der Waals surface area (Å²) in [5.74, 6) is 0.00326. The molecule has 0 aliphatic carbocycles. The normalized spacial score (nSPS) is 10.9. The number of nitrogens with one attached hydrogen (secondary N) is 1. The van der Waals surface area contributed by atoms with Gasteiger partial charge in [-0.3, -0.25) is 4.79 Å². The molecular weight excluding hydrogens is 154 g/mol. The van der Waals surface area contributed by atoms with Gasteiger partial charge < -0.3 is 4.98 Å². The van der Waals surface area contributed by atoms with Crippen molar-refractivity contribution in [2.24, 2.45) is 0 Å². The zero-order chi connectivity index (χ0) is 9.07. The van der Waals surface area contributed by atoms with Crippen molar-refractivity contribution in [2.75, 3.05) is 0 Å². The number of rotatable bonds is 3. The molecule has 2 nitrogen and oxygen atoms in total. The van der Waals surface area contributed by atoms with Gasteiger partial charge in [-0.05, 0) is 13.0 Å². The highest BCUT2D eigenvalue weighted by atomic mass is 28.3. The third kappa shape index (κ3) is 3.98. The van der Waals surface area contributed by atoms with Crippen LogP contribution in [0.1, 0.15) is 13.8 Å². The van der Waals surface area contributed by atoms with E-state index in [0.29, 0.717) is 5.57 Å². The molecule has 0 spiro atoms. The van der Waals surface area contributed by atoms with E-state index in [-0.39, 0.29) is 5.91 Å². The molecule has 0 bridgehead atoms. The maximum absolute atomic E-state index is 11.1. The van der Waals surface area contributed by atoms with Crippen molar-refractivity contribution in [3.8, 4) is 0 Å². The maximum Gasteiger partial charge on any atom is 0.238 e. The molecule has 0 saturated heterocycles. The van der Waals surface area contributed by atoms with E-state index < -0.39 is 8.24 Å². The second-order valence-corrected chi connectivity index (χ2v) is 8.20. The molecule has 0 aromatic carbocycles. The molecule has 0 unspecified atom stereocenters. The fourth-order valence-electron chi connectivity index (χ4n) is 0.502. The van der Waals surface area contributed by atoms with Crippen LogP contribution in [0.5, 0.6) is 0 Å². The standard InChI is InChI=1S/C8H17NOSi/c1-6-11(4,5)9-8(10)7(2)3/h2,6H2,1,3-5H3,(H,9,10). The molecule has 0 aromatic heterocycles. The fraction of sp³-hybridized carbons (Fsp3) is 0.625. The summed E-state index contributed by atoms with van der Waals surface area (Å²) in [6.07, 6.45) is 0. The molecule has 0 atom stereocenters. The molecule has 1 N–H and O–H groups in total. The first-order chi connectivity index (χ1) is 4.89. The van der Waals surface area contributed by atoms with E-state index in [9.17, 15) is 4.79 Å². The molecular formula is C8H17NOSi. The van der Waals surface area contributed by atoms with Crippen LogP contribution in [0, 0.1) is 0 Å². The van der Waals surface area contributed by atoms with Crippen LogP contribution in [-0.2, 0) is 4.79 Å². The summed E-state index contributed by atoms with van der Waals surface area (Å²) in [7, 11) is -1.46. The van der Waals surface area contributed by atoms with Gasteiger partial charge in [-0.1, -0.05) is 26.6 Å². The van der Waals surface area contributed by atoms with Gasteiger partial charge in [-0.15, -0.1) is 0 Å². The summed E-state index contributed by atoms with van der Waals surface area (Å²) in [5, 5.41) is 0. The minimum absolute atomic E-state index is 0.00326. The lowest BCUT2D eigenvalue weighted by molar-refractivity contribution is -0.116. The molecule has 1 amide bonds. The van der Waals surface area contributed by atoms with E-state index in [1.54, 1.807) is 6.92 Å². The zero-order valence-corrected chi connectivity index (χ0v) is 8.82. The quantitative estimate of drug-likeness (QED) is 0.510. The Morgan fingerprint density at radius 1 is 1.55 bits per heavy atom. The van der Waals surface area contributed by atoms with Gasteiger partial charge in [0.25, 0.3) is 0 Å². The minimum Gasteiger partial charge on any atom is -0.378 e. The molecule has 0 saturated carbocycles. The largest absolute Gasteiger partial charge is 0.378 e. The Hall–Kier alpha value is -0.573. The van der Waals surface area contributed by atoms with Crippen molar-refractivity contribution in [2.45, 2.75) is 33.0 Å². The Balaban J connectivity index is 4.04. The molecule has 0 aliphatic heterocycles. The van der Waals surface area contributed by atoms with E-state index >= 15 is 0 Å². The highest BCUT2D eigenvalue weighted by molar-refractivity contribution is 6.77. The Kier molecular flexibility index (Phi) is 3.52. The molecule has 11 heavy (non-hydrogen) atoms. The van der Waals surface area contributed by atoms with Gasteiger partial charge in [0, 0.05) is 5.57 Å². The predicted octanol–water partition coefficient (Wildman–Crippen LogP) is 1.90. The summed E-state index contributed by atoms with van der Waals surface area (Å²) in [5.41, 5.74) is 0.596. The Morgan fingerprint density at radius 3 is 2.27 bits per heavy atom. The Bertz CT molecular complexity index is 175. The topological polar surface area (TPSA) is 29.1 Å². The van der Waals surface area contributed by atoms with Gasteiger partial charge in [0.2, 0.25) is 5.91 Å². The van der Waals surface area contributed by atoms with Crippen molar-refractivity contribution in [3.63, 3.8) is 0 Å². The first kappa shape index (κ1) is 10.4. The average molecular weight is 171 g/mol. The van der Waals surface area contributed by atoms with Crippen LogP contribution in [0.2, 0.25) is 19.1 Å². The highest BCUT2D eigenvalue weighted by Gasteiger charge is 2.20. The van der Waals surface area contributed by atoms with E-state index in [1.807, 2.05) is 0 Å². The highest BCUT2D eigenvalue weighted by Crippen LogP contribution is 2.04. The van der Waals surface area contributed by atoms with E-state index in [0.717, 1.165) is 6.04 Å². The lowest BCUT2D eigenvalue weighted by atomic mass is 10.3. The summed E-state index contributed by atoms with van der Waals surface area (Å²) < 4.78 is 0. The summed E-state index contributed by atoms with van der Waals surface area (Å²) in [4.78, 5) is 14.1. The van der Waals surface area contributed by atoms with E-state index in [1.165, 1.54) is 0 Å². The number of amides is 1. The maximum atomic E-state index is 11.1. The SMILES string of the molecule is C=C(C)C(=O)N[Si](C)(C)CC. The molecule has 0 rings (SSSR count). The van der Waals surface area contributed by atoms with Crippen molar-refractivity contribution in [3.05, 3.63) is 12.2 Å². The van der Waals surface area contributed by atoms with Gasteiger partial charge in [-0.2, -0.15) is 0 Å². The summed E-state index contributed by atoms with van der Waals surface area (Å²) >= 11 is 0. The third-order valence-electron chi connectivity index (χ3n) is 1.72. The molecule has 0 fully saturated rings. The van der Waals surface area contributed by atoms with Crippen molar-refractivity contribution in [1.29, 1.82) is 0 Å². The second kappa shape index (κ2) is 3.71. The number of hydrogen-bond acceptors (Lipinski definition) is 1. The van der Waals surface area contributed by atoms with E-state index in [2.05, 4.69) is 31.6 Å². The summed E-state index contributed by atoms with van der Waals surface area (Å²) in [6.45, 7) is 11.7. The monoisotopic (exact) mass is 171 g/mol.